The molecule has 0 aliphatic heterocycles. The third-order valence-corrected chi connectivity index (χ3v) is 2.76. The van der Waals surface area contributed by atoms with E-state index in [1.54, 1.807) is 0 Å². The number of rotatable bonds is 4. The van der Waals surface area contributed by atoms with E-state index in [-0.39, 0.29) is 16.1 Å². The van der Waals surface area contributed by atoms with Gasteiger partial charge < -0.3 is 0 Å². The Morgan fingerprint density at radius 1 is 1.47 bits per heavy atom. The first-order valence-corrected chi connectivity index (χ1v) is 6.82. The van der Waals surface area contributed by atoms with Gasteiger partial charge in [0.15, 0.2) is 0 Å². The minimum absolute atomic E-state index is 0.0855. The minimum Gasteiger partial charge on any atom is -0.299 e. The molecule has 0 radical (unpaired) electrons. The molecule has 10 heteroatoms. The van der Waals surface area contributed by atoms with E-state index in [0.717, 1.165) is 17.6 Å². The van der Waals surface area contributed by atoms with Crippen LogP contribution in [0.4, 0.5) is 10.3 Å². The third-order valence-electron chi connectivity index (χ3n) is 1.07. The molecule has 0 aliphatic rings. The van der Waals surface area contributed by atoms with E-state index >= 15 is 0 Å². The molecule has 1 heterocycles. The summed E-state index contributed by atoms with van der Waals surface area (Å²) in [5.41, 5.74) is 0. The predicted molar refractivity (Wildman–Crippen MR) is 57.7 cm³/mol. The topological polar surface area (TPSA) is 101 Å². The van der Waals surface area contributed by atoms with Gasteiger partial charge in [-0.3, -0.25) is 14.8 Å². The van der Waals surface area contributed by atoms with E-state index in [4.69, 9.17) is 11.6 Å². The van der Waals surface area contributed by atoms with Crippen LogP contribution in [0.15, 0.2) is 0 Å². The average molecular weight is 271 g/mol. The molecule has 0 fully saturated rings. The van der Waals surface area contributed by atoms with Gasteiger partial charge >= 0.3 is 0 Å². The Morgan fingerprint density at radius 3 is 2.60 bits per heavy atom. The molecule has 1 amide bonds. The van der Waals surface area contributed by atoms with Crippen molar-refractivity contribution in [3.05, 3.63) is 0 Å². The lowest BCUT2D eigenvalue weighted by atomic mass is 10.7. The highest BCUT2D eigenvalue weighted by molar-refractivity contribution is 7.92. The summed E-state index contributed by atoms with van der Waals surface area (Å²) in [7, 11) is -3.38. The van der Waals surface area contributed by atoms with E-state index in [2.05, 4.69) is 20.2 Å². The van der Waals surface area contributed by atoms with Crippen LogP contribution in [0.3, 0.4) is 0 Å². The first kappa shape index (κ1) is 12.1. The standard InChI is InChI=1S/C5H7ClN4O3S2/c1-15(12,13)10-5-9-8-4(14-5)7-3(11)2-6/h2H2,1H3,(H,9,10)(H,7,8,11). The van der Waals surface area contributed by atoms with Gasteiger partial charge in [0.1, 0.15) is 5.88 Å². The van der Waals surface area contributed by atoms with Gasteiger partial charge in [-0.25, -0.2) is 8.42 Å². The van der Waals surface area contributed by atoms with Crippen LogP contribution in [0.25, 0.3) is 0 Å². The number of sulfonamides is 1. The Labute approximate surface area is 94.9 Å². The van der Waals surface area contributed by atoms with E-state index in [1.807, 2.05) is 0 Å². The molecular weight excluding hydrogens is 264 g/mol. The number of halogens is 1. The number of carbonyl (C=O) groups is 1. The van der Waals surface area contributed by atoms with Crippen LogP contribution in [-0.2, 0) is 14.8 Å². The summed E-state index contributed by atoms with van der Waals surface area (Å²) in [5, 5.41) is 9.66. The Bertz CT molecular complexity index is 457. The molecule has 0 aromatic carbocycles. The van der Waals surface area contributed by atoms with Gasteiger partial charge in [0, 0.05) is 0 Å². The zero-order valence-corrected chi connectivity index (χ0v) is 9.91. The smallest absolute Gasteiger partial charge is 0.241 e. The van der Waals surface area contributed by atoms with E-state index in [1.165, 1.54) is 0 Å². The molecule has 0 saturated carbocycles. The van der Waals surface area contributed by atoms with E-state index < -0.39 is 15.9 Å². The quantitative estimate of drug-likeness (QED) is 0.755. The second-order valence-electron chi connectivity index (χ2n) is 2.47. The monoisotopic (exact) mass is 270 g/mol. The van der Waals surface area contributed by atoms with Gasteiger partial charge in [-0.15, -0.1) is 21.8 Å². The van der Waals surface area contributed by atoms with Crippen molar-refractivity contribution in [1.82, 2.24) is 10.2 Å². The highest BCUT2D eigenvalue weighted by Gasteiger charge is 2.09. The molecule has 0 atom stereocenters. The van der Waals surface area contributed by atoms with Crippen LogP contribution in [0.5, 0.6) is 0 Å². The van der Waals surface area contributed by atoms with Crippen molar-refractivity contribution < 1.29 is 13.2 Å². The molecule has 0 bridgehead atoms. The molecule has 7 nitrogen and oxygen atoms in total. The van der Waals surface area contributed by atoms with Crippen molar-refractivity contribution in [3.8, 4) is 0 Å². The largest absolute Gasteiger partial charge is 0.299 e. The van der Waals surface area contributed by atoms with E-state index in [9.17, 15) is 13.2 Å². The molecule has 0 aliphatic carbocycles. The maximum absolute atomic E-state index is 10.8. The van der Waals surface area contributed by atoms with Crippen LogP contribution >= 0.6 is 22.9 Å². The van der Waals surface area contributed by atoms with Gasteiger partial charge in [0.2, 0.25) is 26.2 Å². The summed E-state index contributed by atoms with van der Waals surface area (Å²) in [6.07, 6.45) is 0.991. The van der Waals surface area contributed by atoms with Gasteiger partial charge in [-0.05, 0) is 0 Å². The molecule has 0 unspecified atom stereocenters. The summed E-state index contributed by atoms with van der Waals surface area (Å²) in [6.45, 7) is 0. The predicted octanol–water partition coefficient (Wildman–Crippen LogP) is 0.0869. The van der Waals surface area contributed by atoms with Crippen molar-refractivity contribution in [2.45, 2.75) is 0 Å². The number of alkyl halides is 1. The fourth-order valence-electron chi connectivity index (χ4n) is 0.626. The van der Waals surface area contributed by atoms with Gasteiger partial charge in [-0.2, -0.15) is 0 Å². The fraction of sp³-hybridized carbons (Fsp3) is 0.400. The second-order valence-corrected chi connectivity index (χ2v) is 5.46. The molecular formula is C5H7ClN4O3S2. The van der Waals surface area contributed by atoms with Crippen LogP contribution in [0.1, 0.15) is 0 Å². The van der Waals surface area contributed by atoms with Crippen LogP contribution in [0, 0.1) is 0 Å². The molecule has 1 rings (SSSR count). The maximum atomic E-state index is 10.8. The lowest BCUT2D eigenvalue weighted by Crippen LogP contribution is -2.12. The number of hydrogen-bond acceptors (Lipinski definition) is 6. The van der Waals surface area contributed by atoms with Crippen molar-refractivity contribution in [3.63, 3.8) is 0 Å². The average Bonchev–Trinajstić information content (AvgIpc) is 2.49. The minimum atomic E-state index is -3.38. The number of carbonyl (C=O) groups excluding carboxylic acids is 1. The molecule has 2 N–H and O–H groups in total. The van der Waals surface area contributed by atoms with Crippen molar-refractivity contribution >= 4 is 49.1 Å². The van der Waals surface area contributed by atoms with Crippen molar-refractivity contribution in [1.29, 1.82) is 0 Å². The molecule has 84 valence electrons. The summed E-state index contributed by atoms with van der Waals surface area (Å²) < 4.78 is 23.7. The third kappa shape index (κ3) is 4.40. The number of nitrogens with zero attached hydrogens (tertiary/aromatic N) is 2. The number of amides is 1. The highest BCUT2D eigenvalue weighted by Crippen LogP contribution is 2.20. The summed E-state index contributed by atoms with van der Waals surface area (Å²) in [6, 6.07) is 0. The first-order valence-electron chi connectivity index (χ1n) is 3.58. The maximum Gasteiger partial charge on any atom is 0.241 e. The molecule has 0 spiro atoms. The Balaban J connectivity index is 2.69. The molecule has 0 saturated heterocycles. The Hall–Kier alpha value is -0.930. The first-order chi connectivity index (χ1) is 6.90. The lowest BCUT2D eigenvalue weighted by Gasteiger charge is -1.95. The highest BCUT2D eigenvalue weighted by atomic mass is 35.5. The Morgan fingerprint density at radius 2 is 2.07 bits per heavy atom. The second kappa shape index (κ2) is 4.73. The summed E-state index contributed by atoms with van der Waals surface area (Å²) in [5.74, 6) is -0.632. The van der Waals surface area contributed by atoms with Crippen LogP contribution in [0.2, 0.25) is 0 Å². The molecule has 1 aromatic heterocycles. The lowest BCUT2D eigenvalue weighted by molar-refractivity contribution is -0.113. The number of hydrogen-bond donors (Lipinski definition) is 2. The normalized spacial score (nSPS) is 11.1. The fourth-order valence-corrected chi connectivity index (χ4v) is 2.18. The molecule has 15 heavy (non-hydrogen) atoms. The molecule has 1 aromatic rings. The number of aromatic nitrogens is 2. The summed E-state index contributed by atoms with van der Waals surface area (Å²) in [4.78, 5) is 10.8. The van der Waals surface area contributed by atoms with Crippen LogP contribution < -0.4 is 10.0 Å². The Kier molecular flexibility index (Phi) is 3.83. The summed E-state index contributed by atoms with van der Waals surface area (Å²) >= 11 is 6.15. The number of nitrogens with one attached hydrogen (secondary N) is 2. The van der Waals surface area contributed by atoms with E-state index in [0.29, 0.717) is 0 Å². The van der Waals surface area contributed by atoms with Crippen molar-refractivity contribution in [2.75, 3.05) is 22.2 Å². The van der Waals surface area contributed by atoms with Crippen LogP contribution in [-0.4, -0.2) is 36.7 Å². The van der Waals surface area contributed by atoms with Gasteiger partial charge in [0.05, 0.1) is 6.26 Å². The number of anilines is 2. The zero-order valence-electron chi connectivity index (χ0n) is 7.52. The SMILES string of the molecule is CS(=O)(=O)Nc1nnc(NC(=O)CCl)s1. The zero-order chi connectivity index (χ0) is 11.5. The van der Waals surface area contributed by atoms with Crippen molar-refractivity contribution in [2.24, 2.45) is 0 Å². The van der Waals surface area contributed by atoms with Gasteiger partial charge in [0.25, 0.3) is 0 Å². The van der Waals surface area contributed by atoms with Gasteiger partial charge in [-0.1, -0.05) is 11.3 Å².